The van der Waals surface area contributed by atoms with E-state index >= 15 is 0 Å². The number of nitro groups is 1. The maximum absolute atomic E-state index is 13.2. The van der Waals surface area contributed by atoms with Gasteiger partial charge in [0.1, 0.15) is 0 Å². The van der Waals surface area contributed by atoms with Gasteiger partial charge in [-0.2, -0.15) is 8.96 Å². The Morgan fingerprint density at radius 2 is 2.10 bits per heavy atom. The van der Waals surface area contributed by atoms with E-state index in [1.54, 1.807) is 0 Å². The molecule has 0 aromatic carbocycles. The number of nitrogens with zero attached hydrogens (tertiary/aromatic N) is 3. The zero-order chi connectivity index (χ0) is 15.7. The van der Waals surface area contributed by atoms with E-state index in [1.165, 1.54) is 0 Å². The standard InChI is InChI=1S/C10H6FN3O6S/c1-12-4-5(11)8(15)13(9(12)16)10(17)20-7-3-2-6(21-7)14(18)19/h2-4H,1H3. The molecule has 0 bridgehead atoms. The first-order valence-corrected chi connectivity index (χ1v) is 6.07. The summed E-state index contributed by atoms with van der Waals surface area (Å²) in [6.45, 7) is 0. The minimum absolute atomic E-state index is 0.0408. The topological polar surface area (TPSA) is 113 Å². The van der Waals surface area contributed by atoms with Gasteiger partial charge in [0.15, 0.2) is 5.06 Å². The molecule has 0 amide bonds. The van der Waals surface area contributed by atoms with Gasteiger partial charge >= 0.3 is 22.3 Å². The third kappa shape index (κ3) is 2.72. The largest absolute Gasteiger partial charge is 0.431 e. The molecule has 2 aromatic heterocycles. The number of thiophene rings is 1. The molecule has 0 aliphatic rings. The van der Waals surface area contributed by atoms with Gasteiger partial charge in [-0.05, 0) is 17.4 Å². The number of rotatable bonds is 2. The lowest BCUT2D eigenvalue weighted by molar-refractivity contribution is -0.380. The van der Waals surface area contributed by atoms with Crippen molar-refractivity contribution in [3.8, 4) is 5.06 Å². The van der Waals surface area contributed by atoms with E-state index in [2.05, 4.69) is 4.74 Å². The quantitative estimate of drug-likeness (QED) is 0.595. The predicted octanol–water partition coefficient (Wildman–Crippen LogP) is 0.703. The molecule has 2 aromatic rings. The molecule has 0 unspecified atom stereocenters. The summed E-state index contributed by atoms with van der Waals surface area (Å²) in [4.78, 5) is 44.6. The highest BCUT2D eigenvalue weighted by atomic mass is 32.1. The van der Waals surface area contributed by atoms with Crippen LogP contribution in [0.3, 0.4) is 0 Å². The minimum atomic E-state index is -1.46. The number of ether oxygens (including phenoxy) is 1. The first kappa shape index (κ1) is 14.6. The third-order valence-corrected chi connectivity index (χ3v) is 3.24. The van der Waals surface area contributed by atoms with Crippen LogP contribution in [0, 0.1) is 15.9 Å². The smallest absolute Gasteiger partial charge is 0.398 e. The highest BCUT2D eigenvalue weighted by Crippen LogP contribution is 2.30. The molecule has 2 rings (SSSR count). The average molecular weight is 315 g/mol. The number of hydrogen-bond donors (Lipinski definition) is 0. The molecule has 0 saturated heterocycles. The van der Waals surface area contributed by atoms with Crippen molar-refractivity contribution in [3.05, 3.63) is 55.1 Å². The minimum Gasteiger partial charge on any atom is -0.398 e. The van der Waals surface area contributed by atoms with Crippen molar-refractivity contribution in [1.82, 2.24) is 9.13 Å². The monoisotopic (exact) mass is 315 g/mol. The molecule has 0 radical (unpaired) electrons. The molecule has 110 valence electrons. The third-order valence-electron chi connectivity index (χ3n) is 2.32. The van der Waals surface area contributed by atoms with Crippen LogP contribution in [-0.4, -0.2) is 20.2 Å². The molecule has 0 saturated carbocycles. The molecular weight excluding hydrogens is 309 g/mol. The summed E-state index contributed by atoms with van der Waals surface area (Å²) in [5.74, 6) is -1.31. The van der Waals surface area contributed by atoms with Gasteiger partial charge in [-0.25, -0.2) is 9.59 Å². The van der Waals surface area contributed by atoms with E-state index in [-0.39, 0.29) is 14.6 Å². The van der Waals surface area contributed by atoms with Crippen molar-refractivity contribution in [3.63, 3.8) is 0 Å². The highest BCUT2D eigenvalue weighted by molar-refractivity contribution is 7.17. The van der Waals surface area contributed by atoms with E-state index < -0.39 is 28.1 Å². The van der Waals surface area contributed by atoms with E-state index in [0.717, 1.165) is 19.2 Å². The normalized spacial score (nSPS) is 10.4. The fraction of sp³-hybridized carbons (Fsp3) is 0.100. The van der Waals surface area contributed by atoms with E-state index in [9.17, 15) is 28.9 Å². The summed E-state index contributed by atoms with van der Waals surface area (Å²) in [7, 11) is 1.14. The van der Waals surface area contributed by atoms with Gasteiger partial charge in [-0.3, -0.25) is 14.9 Å². The molecule has 0 N–H and O–H groups in total. The molecule has 11 heteroatoms. The van der Waals surface area contributed by atoms with Crippen molar-refractivity contribution in [2.24, 2.45) is 7.05 Å². The van der Waals surface area contributed by atoms with Crippen molar-refractivity contribution >= 4 is 22.4 Å². The second-order valence-electron chi connectivity index (χ2n) is 3.73. The van der Waals surface area contributed by atoms with Crippen LogP contribution in [0.15, 0.2) is 27.9 Å². The van der Waals surface area contributed by atoms with Gasteiger partial charge in [0.05, 0.1) is 4.92 Å². The molecule has 0 atom stereocenters. The lowest BCUT2D eigenvalue weighted by Gasteiger charge is -2.05. The first-order valence-electron chi connectivity index (χ1n) is 5.26. The number of aryl methyl sites for hydroxylation is 1. The van der Waals surface area contributed by atoms with E-state index in [0.29, 0.717) is 22.1 Å². The maximum Gasteiger partial charge on any atom is 0.431 e. The summed E-state index contributed by atoms with van der Waals surface area (Å²) in [6.07, 6.45) is -0.818. The Labute approximate surface area is 118 Å². The first-order chi connectivity index (χ1) is 9.81. The fourth-order valence-corrected chi connectivity index (χ4v) is 2.05. The molecule has 0 fully saturated rings. The SMILES string of the molecule is Cn1cc(F)c(=O)n(C(=O)Oc2ccc([N+](=O)[O-])s2)c1=O. The van der Waals surface area contributed by atoms with Crippen LogP contribution in [0.2, 0.25) is 0 Å². The van der Waals surface area contributed by atoms with Crippen LogP contribution in [0.4, 0.5) is 14.2 Å². The molecule has 0 spiro atoms. The molecule has 21 heavy (non-hydrogen) atoms. The van der Waals surface area contributed by atoms with Gasteiger partial charge in [0, 0.05) is 19.3 Å². The summed E-state index contributed by atoms with van der Waals surface area (Å²) in [5, 5.41) is 9.99. The van der Waals surface area contributed by atoms with Gasteiger partial charge in [-0.15, -0.1) is 0 Å². The van der Waals surface area contributed by atoms with E-state index in [4.69, 9.17) is 0 Å². The van der Waals surface area contributed by atoms with E-state index in [1.807, 2.05) is 0 Å². The van der Waals surface area contributed by atoms with Crippen LogP contribution in [0.1, 0.15) is 0 Å². The van der Waals surface area contributed by atoms with Gasteiger partial charge in [0.25, 0.3) is 0 Å². The second kappa shape index (κ2) is 5.28. The molecule has 0 aliphatic carbocycles. The highest BCUT2D eigenvalue weighted by Gasteiger charge is 2.20. The van der Waals surface area contributed by atoms with Crippen LogP contribution < -0.4 is 16.0 Å². The number of hydrogen-bond acceptors (Lipinski definition) is 7. The Hall–Kier alpha value is -2.82. The summed E-state index contributed by atoms with van der Waals surface area (Å²) in [6, 6.07) is 2.20. The van der Waals surface area contributed by atoms with Crippen LogP contribution in [0.5, 0.6) is 5.06 Å². The molecule has 2 heterocycles. The number of aromatic nitrogens is 2. The lowest BCUT2D eigenvalue weighted by Crippen LogP contribution is -2.45. The van der Waals surface area contributed by atoms with Crippen molar-refractivity contribution < 1.29 is 18.8 Å². The summed E-state index contributed by atoms with van der Waals surface area (Å²) < 4.78 is 18.6. The van der Waals surface area contributed by atoms with Crippen molar-refractivity contribution in [2.75, 3.05) is 0 Å². The second-order valence-corrected chi connectivity index (χ2v) is 4.75. The van der Waals surface area contributed by atoms with Crippen LogP contribution in [0.25, 0.3) is 0 Å². The summed E-state index contributed by atoms with van der Waals surface area (Å²) >= 11 is 0.524. The van der Waals surface area contributed by atoms with Crippen LogP contribution in [-0.2, 0) is 7.05 Å². The van der Waals surface area contributed by atoms with Gasteiger partial charge in [-0.1, -0.05) is 0 Å². The van der Waals surface area contributed by atoms with Crippen molar-refractivity contribution in [2.45, 2.75) is 0 Å². The number of carbonyl (C=O) groups excluding carboxylic acids is 1. The van der Waals surface area contributed by atoms with Crippen molar-refractivity contribution in [1.29, 1.82) is 0 Å². The Balaban J connectivity index is 2.39. The number of halogens is 1. The van der Waals surface area contributed by atoms with Gasteiger partial charge < -0.3 is 9.30 Å². The zero-order valence-electron chi connectivity index (χ0n) is 10.3. The number of carbonyl (C=O) groups is 1. The Bertz CT molecular complexity index is 817. The molecule has 9 nitrogen and oxygen atoms in total. The lowest BCUT2D eigenvalue weighted by atomic mass is 10.6. The average Bonchev–Trinajstić information content (AvgIpc) is 2.85. The summed E-state index contributed by atoms with van der Waals surface area (Å²) in [5.41, 5.74) is -2.56. The van der Waals surface area contributed by atoms with Gasteiger partial charge in [0.2, 0.25) is 5.82 Å². The Kier molecular flexibility index (Phi) is 3.67. The predicted molar refractivity (Wildman–Crippen MR) is 68.3 cm³/mol. The fourth-order valence-electron chi connectivity index (χ4n) is 1.39. The van der Waals surface area contributed by atoms with Crippen LogP contribution >= 0.6 is 11.3 Å². The Morgan fingerprint density at radius 3 is 2.67 bits per heavy atom. The Morgan fingerprint density at radius 1 is 1.43 bits per heavy atom. The molecule has 0 aliphatic heterocycles. The molecular formula is C10H6FN3O6S. The maximum atomic E-state index is 13.2. The zero-order valence-corrected chi connectivity index (χ0v) is 11.1.